The molecule has 10 heteroatoms. The molecule has 1 spiro atoms. The van der Waals surface area contributed by atoms with Crippen molar-refractivity contribution in [3.63, 3.8) is 0 Å². The molecular formula is C20H21F2N5O3. The van der Waals surface area contributed by atoms with Crippen molar-refractivity contribution >= 4 is 17.9 Å². The standard InChI is InChI=1S/C20H21F2N5O3/c21-15-6-13(7-25-17(15)27-9-20(10-27)4-5-29-11-20)14-3-1-2-12(16(14)22)8-30-19(28)26-18(23)24/h1-3,6-7H,4-5,8-11H2,(H4,23,24,26,28). The van der Waals surface area contributed by atoms with Gasteiger partial charge in [0.2, 0.25) is 0 Å². The predicted molar refractivity (Wildman–Crippen MR) is 105 cm³/mol. The minimum absolute atomic E-state index is 0.0987. The highest BCUT2D eigenvalue weighted by atomic mass is 19.1. The van der Waals surface area contributed by atoms with Gasteiger partial charge in [0.25, 0.3) is 0 Å². The summed E-state index contributed by atoms with van der Waals surface area (Å²) in [6.07, 6.45) is 1.43. The molecule has 4 N–H and O–H groups in total. The summed E-state index contributed by atoms with van der Waals surface area (Å²) in [4.78, 5) is 17.5. The number of carbonyl (C=O) groups is 1. The Hall–Kier alpha value is -3.27. The van der Waals surface area contributed by atoms with Crippen LogP contribution >= 0.6 is 0 Å². The molecule has 2 saturated heterocycles. The summed E-state index contributed by atoms with van der Waals surface area (Å²) in [6.45, 7) is 2.44. The Bertz CT molecular complexity index is 986. The molecule has 1 amide bonds. The average molecular weight is 417 g/mol. The molecule has 8 nitrogen and oxygen atoms in total. The Morgan fingerprint density at radius 1 is 1.40 bits per heavy atom. The number of nitrogens with zero attached hydrogens (tertiary/aromatic N) is 2. The van der Waals surface area contributed by atoms with Crippen molar-refractivity contribution < 1.29 is 23.0 Å². The predicted octanol–water partition coefficient (Wildman–Crippen LogP) is 2.37. The number of carbonyl (C=O) groups excluding carboxylic acids is 1. The topological polar surface area (TPSA) is 114 Å². The Kier molecular flexibility index (Phi) is 5.25. The number of alkyl carbamates (subject to hydrolysis) is 1. The number of aromatic nitrogens is 1. The number of amides is 1. The van der Waals surface area contributed by atoms with Crippen LogP contribution in [0.4, 0.5) is 19.4 Å². The van der Waals surface area contributed by atoms with E-state index in [1.165, 1.54) is 24.4 Å². The van der Waals surface area contributed by atoms with Gasteiger partial charge in [0.15, 0.2) is 17.6 Å². The number of hydrogen-bond acceptors (Lipinski definition) is 6. The maximum atomic E-state index is 14.9. The van der Waals surface area contributed by atoms with Crippen molar-refractivity contribution in [3.05, 3.63) is 47.7 Å². The largest absolute Gasteiger partial charge is 0.444 e. The van der Waals surface area contributed by atoms with Crippen LogP contribution in [0.3, 0.4) is 0 Å². The van der Waals surface area contributed by atoms with Gasteiger partial charge in [-0.2, -0.15) is 0 Å². The third kappa shape index (κ3) is 3.90. The van der Waals surface area contributed by atoms with E-state index in [4.69, 9.17) is 20.6 Å². The molecule has 30 heavy (non-hydrogen) atoms. The number of hydrogen-bond donors (Lipinski definition) is 3. The maximum Gasteiger partial charge on any atom is 0.414 e. The summed E-state index contributed by atoms with van der Waals surface area (Å²) >= 11 is 0. The molecule has 0 bridgehead atoms. The number of halogens is 2. The van der Waals surface area contributed by atoms with E-state index in [1.807, 2.05) is 10.2 Å². The highest BCUT2D eigenvalue weighted by Crippen LogP contribution is 2.41. The Morgan fingerprint density at radius 2 is 2.20 bits per heavy atom. The molecule has 158 valence electrons. The Balaban J connectivity index is 1.48. The lowest BCUT2D eigenvalue weighted by Gasteiger charge is -2.47. The van der Waals surface area contributed by atoms with Gasteiger partial charge in [0.1, 0.15) is 12.4 Å². The molecule has 0 saturated carbocycles. The lowest BCUT2D eigenvalue weighted by Crippen LogP contribution is -2.57. The zero-order valence-electron chi connectivity index (χ0n) is 16.1. The van der Waals surface area contributed by atoms with Crippen LogP contribution in [0.2, 0.25) is 0 Å². The van der Waals surface area contributed by atoms with Crippen molar-refractivity contribution in [3.8, 4) is 11.1 Å². The minimum Gasteiger partial charge on any atom is -0.444 e. The van der Waals surface area contributed by atoms with Crippen molar-refractivity contribution in [1.29, 1.82) is 5.41 Å². The number of rotatable bonds is 4. The molecule has 2 aliphatic heterocycles. The van der Waals surface area contributed by atoms with E-state index in [0.29, 0.717) is 19.7 Å². The smallest absolute Gasteiger partial charge is 0.414 e. The first-order chi connectivity index (χ1) is 14.4. The quantitative estimate of drug-likeness (QED) is 0.520. The number of nitrogens with two attached hydrogens (primary N) is 1. The summed E-state index contributed by atoms with van der Waals surface area (Å²) in [6, 6.07) is 5.77. The number of benzene rings is 1. The molecule has 0 unspecified atom stereocenters. The second-order valence-electron chi connectivity index (χ2n) is 7.58. The summed E-state index contributed by atoms with van der Waals surface area (Å²) in [5.74, 6) is -1.50. The Morgan fingerprint density at radius 3 is 2.87 bits per heavy atom. The molecule has 4 rings (SSSR count). The maximum absolute atomic E-state index is 14.9. The van der Waals surface area contributed by atoms with Crippen molar-refractivity contribution in [2.45, 2.75) is 13.0 Å². The molecule has 0 radical (unpaired) electrons. The third-order valence-electron chi connectivity index (χ3n) is 5.34. The molecule has 2 fully saturated rings. The minimum atomic E-state index is -0.968. The van der Waals surface area contributed by atoms with Gasteiger partial charge in [-0.1, -0.05) is 18.2 Å². The molecule has 3 heterocycles. The van der Waals surface area contributed by atoms with Crippen LogP contribution in [0.1, 0.15) is 12.0 Å². The van der Waals surface area contributed by atoms with Crippen LogP contribution in [0, 0.1) is 22.5 Å². The van der Waals surface area contributed by atoms with Crippen LogP contribution in [0.5, 0.6) is 0 Å². The van der Waals surface area contributed by atoms with Gasteiger partial charge in [0.05, 0.1) is 6.61 Å². The zero-order chi connectivity index (χ0) is 21.3. The summed E-state index contributed by atoms with van der Waals surface area (Å²) in [5, 5.41) is 8.91. The highest BCUT2D eigenvalue weighted by molar-refractivity contribution is 5.90. The second kappa shape index (κ2) is 7.86. The zero-order valence-corrected chi connectivity index (χ0v) is 16.1. The monoisotopic (exact) mass is 417 g/mol. The molecule has 1 aromatic carbocycles. The summed E-state index contributed by atoms with van der Waals surface area (Å²) < 4.78 is 39.9. The van der Waals surface area contributed by atoms with E-state index in [1.54, 1.807) is 6.07 Å². The fourth-order valence-electron chi connectivity index (χ4n) is 3.83. The van der Waals surface area contributed by atoms with E-state index < -0.39 is 23.7 Å². The molecule has 1 aromatic heterocycles. The van der Waals surface area contributed by atoms with Gasteiger partial charge >= 0.3 is 6.09 Å². The van der Waals surface area contributed by atoms with Crippen LogP contribution in [0.25, 0.3) is 11.1 Å². The normalized spacial score (nSPS) is 16.9. The van der Waals surface area contributed by atoms with Crippen LogP contribution in [-0.4, -0.2) is 43.3 Å². The number of nitrogens with one attached hydrogen (secondary N) is 2. The summed E-state index contributed by atoms with van der Waals surface area (Å²) in [5.41, 5.74) is 5.66. The lowest BCUT2D eigenvalue weighted by atomic mass is 9.79. The van der Waals surface area contributed by atoms with Crippen LogP contribution in [-0.2, 0) is 16.1 Å². The first kappa shape index (κ1) is 20.0. The van der Waals surface area contributed by atoms with Gasteiger partial charge in [0, 0.05) is 48.0 Å². The lowest BCUT2D eigenvalue weighted by molar-refractivity contribution is 0.130. The van der Waals surface area contributed by atoms with E-state index in [2.05, 4.69) is 4.98 Å². The molecule has 2 aromatic rings. The van der Waals surface area contributed by atoms with Gasteiger partial charge in [-0.05, 0) is 12.5 Å². The number of ether oxygens (including phenoxy) is 2. The first-order valence-corrected chi connectivity index (χ1v) is 9.41. The number of guanidine groups is 1. The molecule has 2 aliphatic rings. The highest BCUT2D eigenvalue weighted by Gasteiger charge is 2.46. The van der Waals surface area contributed by atoms with Gasteiger partial charge in [-0.15, -0.1) is 0 Å². The van der Waals surface area contributed by atoms with Gasteiger partial charge in [-0.25, -0.2) is 18.6 Å². The summed E-state index contributed by atoms with van der Waals surface area (Å²) in [7, 11) is 0. The third-order valence-corrected chi connectivity index (χ3v) is 5.34. The van der Waals surface area contributed by atoms with E-state index in [-0.39, 0.29) is 34.5 Å². The fourth-order valence-corrected chi connectivity index (χ4v) is 3.83. The first-order valence-electron chi connectivity index (χ1n) is 9.41. The van der Waals surface area contributed by atoms with Crippen molar-refractivity contribution in [1.82, 2.24) is 10.3 Å². The van der Waals surface area contributed by atoms with Crippen molar-refractivity contribution in [2.24, 2.45) is 11.1 Å². The van der Waals surface area contributed by atoms with Crippen molar-refractivity contribution in [2.75, 3.05) is 31.2 Å². The van der Waals surface area contributed by atoms with Gasteiger partial charge in [-0.3, -0.25) is 10.7 Å². The molecule has 0 atom stereocenters. The second-order valence-corrected chi connectivity index (χ2v) is 7.58. The van der Waals surface area contributed by atoms with E-state index in [9.17, 15) is 13.6 Å². The SMILES string of the molecule is N=C(N)NC(=O)OCc1cccc(-c2cnc(N3CC4(CCOC4)C3)c(F)c2)c1F. The van der Waals surface area contributed by atoms with E-state index in [0.717, 1.165) is 13.0 Å². The van der Waals surface area contributed by atoms with Crippen LogP contribution in [0.15, 0.2) is 30.5 Å². The number of anilines is 1. The van der Waals surface area contributed by atoms with Crippen LogP contribution < -0.4 is 16.0 Å². The Labute approximate surface area is 171 Å². The fraction of sp³-hybridized carbons (Fsp3) is 0.350. The molecular weight excluding hydrogens is 396 g/mol. The van der Waals surface area contributed by atoms with Gasteiger partial charge < -0.3 is 20.1 Å². The number of pyridine rings is 1. The average Bonchev–Trinajstić information content (AvgIpc) is 3.16. The van der Waals surface area contributed by atoms with E-state index >= 15 is 0 Å². The molecule has 0 aliphatic carbocycles.